The fraction of sp³-hybridized carbons (Fsp3) is 0.615. The molecule has 2 rings (SSSR count). The summed E-state index contributed by atoms with van der Waals surface area (Å²) in [7, 11) is 3.33. The molecule has 0 spiro atoms. The maximum atomic E-state index is 7.79. The fourth-order valence-electron chi connectivity index (χ4n) is 2.51. The number of aryl methyl sites for hydroxylation is 1. The van der Waals surface area contributed by atoms with Crippen LogP contribution >= 0.6 is 0 Å². The van der Waals surface area contributed by atoms with Gasteiger partial charge in [-0.25, -0.2) is 0 Å². The maximum absolute atomic E-state index is 7.79. The first-order valence-corrected chi connectivity index (χ1v) is 6.48. The number of nitrogens with one attached hydrogen (secondary N) is 1. The number of methoxy groups -OCH3 is 2. The molecule has 0 aromatic carbocycles. The number of nitrogen functional groups attached to an aromatic ring is 1. The molecule has 7 heteroatoms. The van der Waals surface area contributed by atoms with E-state index >= 15 is 0 Å². The molecule has 1 saturated heterocycles. The average molecular weight is 279 g/mol. The SMILES string of the molecule is COC1CN(c2nnc(C)c(C)c2C(=N)N)CC1OC. The molecule has 1 aliphatic rings. The van der Waals surface area contributed by atoms with Crippen LogP contribution in [0.2, 0.25) is 0 Å². The van der Waals surface area contributed by atoms with Crippen molar-refractivity contribution in [3.05, 3.63) is 16.8 Å². The van der Waals surface area contributed by atoms with Gasteiger partial charge in [0.05, 0.1) is 11.3 Å². The minimum atomic E-state index is -0.0248. The van der Waals surface area contributed by atoms with Crippen molar-refractivity contribution in [3.8, 4) is 0 Å². The lowest BCUT2D eigenvalue weighted by Crippen LogP contribution is -2.28. The number of rotatable bonds is 4. The summed E-state index contributed by atoms with van der Waals surface area (Å²) in [6.45, 7) is 5.05. The van der Waals surface area contributed by atoms with E-state index in [1.54, 1.807) is 14.2 Å². The third kappa shape index (κ3) is 2.46. The van der Waals surface area contributed by atoms with Crippen molar-refractivity contribution in [1.82, 2.24) is 10.2 Å². The molecule has 2 heterocycles. The highest BCUT2D eigenvalue weighted by atomic mass is 16.5. The van der Waals surface area contributed by atoms with E-state index in [1.165, 1.54) is 0 Å². The lowest BCUT2D eigenvalue weighted by Gasteiger charge is -2.21. The van der Waals surface area contributed by atoms with Crippen LogP contribution in [0, 0.1) is 19.3 Å². The zero-order valence-corrected chi connectivity index (χ0v) is 12.3. The zero-order chi connectivity index (χ0) is 14.9. The number of nitrogens with two attached hydrogens (primary N) is 1. The van der Waals surface area contributed by atoms with Crippen LogP contribution in [-0.4, -0.2) is 55.6 Å². The van der Waals surface area contributed by atoms with Crippen LogP contribution in [0.15, 0.2) is 0 Å². The van der Waals surface area contributed by atoms with E-state index in [0.29, 0.717) is 24.5 Å². The Balaban J connectivity index is 2.39. The Kier molecular flexibility index (Phi) is 4.20. The topological polar surface area (TPSA) is 97.4 Å². The minimum absolute atomic E-state index is 0.00494. The molecule has 20 heavy (non-hydrogen) atoms. The van der Waals surface area contributed by atoms with Crippen LogP contribution in [0.5, 0.6) is 0 Å². The monoisotopic (exact) mass is 279 g/mol. The Morgan fingerprint density at radius 3 is 2.20 bits per heavy atom. The molecule has 0 amide bonds. The standard InChI is InChI=1S/C13H21N5O2/c1-7-8(2)16-17-13(11(7)12(14)15)18-5-9(19-3)10(6-18)20-4/h9-10H,5-6H2,1-4H3,(H3,14,15). The molecule has 0 saturated carbocycles. The molecule has 2 atom stereocenters. The summed E-state index contributed by atoms with van der Waals surface area (Å²) in [5.74, 6) is 0.632. The van der Waals surface area contributed by atoms with Crippen LogP contribution < -0.4 is 10.6 Å². The maximum Gasteiger partial charge on any atom is 0.162 e. The van der Waals surface area contributed by atoms with Crippen LogP contribution in [0.1, 0.15) is 16.8 Å². The van der Waals surface area contributed by atoms with Gasteiger partial charge in [-0.15, -0.1) is 5.10 Å². The number of ether oxygens (including phenoxy) is 2. The fourth-order valence-corrected chi connectivity index (χ4v) is 2.51. The van der Waals surface area contributed by atoms with Gasteiger partial charge in [0.25, 0.3) is 0 Å². The van der Waals surface area contributed by atoms with Gasteiger partial charge in [0, 0.05) is 27.3 Å². The van der Waals surface area contributed by atoms with Gasteiger partial charge < -0.3 is 20.1 Å². The highest BCUT2D eigenvalue weighted by Gasteiger charge is 2.35. The predicted octanol–water partition coefficient (Wildman–Crippen LogP) is 0.228. The molecule has 7 nitrogen and oxygen atoms in total. The number of nitrogens with zero attached hydrogens (tertiary/aromatic N) is 3. The lowest BCUT2D eigenvalue weighted by atomic mass is 10.1. The minimum Gasteiger partial charge on any atom is -0.384 e. The third-order valence-electron chi connectivity index (χ3n) is 3.83. The Morgan fingerprint density at radius 1 is 1.20 bits per heavy atom. The molecule has 1 aromatic heterocycles. The van der Waals surface area contributed by atoms with Crippen molar-refractivity contribution in [2.24, 2.45) is 5.73 Å². The lowest BCUT2D eigenvalue weighted by molar-refractivity contribution is -0.00461. The van der Waals surface area contributed by atoms with Gasteiger partial charge in [-0.05, 0) is 19.4 Å². The van der Waals surface area contributed by atoms with Gasteiger partial charge in [0.15, 0.2) is 5.82 Å². The Hall–Kier alpha value is -1.73. The van der Waals surface area contributed by atoms with E-state index in [4.69, 9.17) is 20.6 Å². The summed E-state index contributed by atoms with van der Waals surface area (Å²) in [5, 5.41) is 16.2. The van der Waals surface area contributed by atoms with Crippen molar-refractivity contribution in [2.75, 3.05) is 32.2 Å². The summed E-state index contributed by atoms with van der Waals surface area (Å²) in [4.78, 5) is 2.01. The molecule has 0 aliphatic carbocycles. The number of amidine groups is 1. The van der Waals surface area contributed by atoms with Crippen LogP contribution in [-0.2, 0) is 9.47 Å². The summed E-state index contributed by atoms with van der Waals surface area (Å²) in [5.41, 5.74) is 8.02. The molecule has 3 N–H and O–H groups in total. The third-order valence-corrected chi connectivity index (χ3v) is 3.83. The first kappa shape index (κ1) is 14.7. The molecule has 0 radical (unpaired) electrons. The smallest absolute Gasteiger partial charge is 0.162 e. The average Bonchev–Trinajstić information content (AvgIpc) is 2.84. The first-order valence-electron chi connectivity index (χ1n) is 6.48. The molecule has 110 valence electrons. The van der Waals surface area contributed by atoms with E-state index in [0.717, 1.165) is 11.3 Å². The Morgan fingerprint density at radius 2 is 1.75 bits per heavy atom. The molecule has 1 fully saturated rings. The zero-order valence-electron chi connectivity index (χ0n) is 12.3. The summed E-state index contributed by atoms with van der Waals surface area (Å²) in [6, 6.07) is 0. The first-order chi connectivity index (χ1) is 9.49. The molecule has 2 unspecified atom stereocenters. The van der Waals surface area contributed by atoms with E-state index in [1.807, 2.05) is 18.7 Å². The number of anilines is 1. The van der Waals surface area contributed by atoms with Gasteiger partial charge in [0.1, 0.15) is 18.0 Å². The van der Waals surface area contributed by atoms with Crippen molar-refractivity contribution < 1.29 is 9.47 Å². The molecule has 1 aromatic rings. The molecule has 0 bridgehead atoms. The van der Waals surface area contributed by atoms with Gasteiger partial charge in [-0.2, -0.15) is 5.10 Å². The Bertz CT molecular complexity index is 508. The molecule has 1 aliphatic heterocycles. The molecular formula is C13H21N5O2. The summed E-state index contributed by atoms with van der Waals surface area (Å²) < 4.78 is 10.8. The highest BCUT2D eigenvalue weighted by molar-refractivity contribution is 6.01. The van der Waals surface area contributed by atoms with Crippen molar-refractivity contribution >= 4 is 11.7 Å². The van der Waals surface area contributed by atoms with Gasteiger partial charge >= 0.3 is 0 Å². The van der Waals surface area contributed by atoms with Crippen LogP contribution in [0.25, 0.3) is 0 Å². The van der Waals surface area contributed by atoms with Gasteiger partial charge in [-0.1, -0.05) is 0 Å². The normalized spacial score (nSPS) is 22.3. The number of aromatic nitrogens is 2. The van der Waals surface area contributed by atoms with Gasteiger partial charge in [-0.3, -0.25) is 5.41 Å². The second kappa shape index (κ2) is 5.72. The number of hydrogen-bond acceptors (Lipinski definition) is 6. The van der Waals surface area contributed by atoms with E-state index in [2.05, 4.69) is 10.2 Å². The highest BCUT2D eigenvalue weighted by Crippen LogP contribution is 2.26. The largest absolute Gasteiger partial charge is 0.384 e. The second-order valence-electron chi connectivity index (χ2n) is 4.98. The van der Waals surface area contributed by atoms with E-state index < -0.39 is 0 Å². The van der Waals surface area contributed by atoms with E-state index in [-0.39, 0.29) is 18.0 Å². The van der Waals surface area contributed by atoms with E-state index in [9.17, 15) is 0 Å². The Labute approximate surface area is 118 Å². The summed E-state index contributed by atoms with van der Waals surface area (Å²) in [6.07, 6.45) is -0.0496. The van der Waals surface area contributed by atoms with Crippen LogP contribution in [0.4, 0.5) is 5.82 Å². The molecular weight excluding hydrogens is 258 g/mol. The van der Waals surface area contributed by atoms with Crippen molar-refractivity contribution in [1.29, 1.82) is 5.41 Å². The van der Waals surface area contributed by atoms with Crippen LogP contribution in [0.3, 0.4) is 0 Å². The van der Waals surface area contributed by atoms with Crippen molar-refractivity contribution in [3.63, 3.8) is 0 Å². The summed E-state index contributed by atoms with van der Waals surface area (Å²) >= 11 is 0. The second-order valence-corrected chi connectivity index (χ2v) is 4.98. The van der Waals surface area contributed by atoms with Gasteiger partial charge in [0.2, 0.25) is 0 Å². The quantitative estimate of drug-likeness (QED) is 0.605. The van der Waals surface area contributed by atoms with Crippen molar-refractivity contribution in [2.45, 2.75) is 26.1 Å². The predicted molar refractivity (Wildman–Crippen MR) is 76.3 cm³/mol. The number of hydrogen-bond donors (Lipinski definition) is 2.